The first kappa shape index (κ1) is 10.5. The summed E-state index contributed by atoms with van der Waals surface area (Å²) in [6, 6.07) is 5.51. The van der Waals surface area contributed by atoms with Crippen molar-refractivity contribution >= 4 is 23.2 Å². The largest absolute Gasteiger partial charge is 0.323 e. The summed E-state index contributed by atoms with van der Waals surface area (Å²) in [7, 11) is 0. The van der Waals surface area contributed by atoms with Gasteiger partial charge in [-0.25, -0.2) is 0 Å². The van der Waals surface area contributed by atoms with Gasteiger partial charge in [0.15, 0.2) is 0 Å². The lowest BCUT2D eigenvalue weighted by Gasteiger charge is -2.11. The molecular weight excluding hydrogens is 212 g/mol. The Morgan fingerprint density at radius 2 is 2.20 bits per heavy atom. The zero-order valence-corrected chi connectivity index (χ0v) is 9.27. The molecule has 0 spiro atoms. The van der Waals surface area contributed by atoms with Gasteiger partial charge in [-0.1, -0.05) is 17.7 Å². The Balaban J connectivity index is 2.14. The van der Waals surface area contributed by atoms with E-state index in [0.717, 1.165) is 18.4 Å². The van der Waals surface area contributed by atoms with Gasteiger partial charge in [-0.2, -0.15) is 0 Å². The quantitative estimate of drug-likeness (QED) is 0.808. The van der Waals surface area contributed by atoms with Crippen molar-refractivity contribution in [1.82, 2.24) is 0 Å². The van der Waals surface area contributed by atoms with Gasteiger partial charge < -0.3 is 11.1 Å². The molecule has 1 aliphatic carbocycles. The van der Waals surface area contributed by atoms with Crippen molar-refractivity contribution in [3.8, 4) is 0 Å². The lowest BCUT2D eigenvalue weighted by Crippen LogP contribution is -2.37. The monoisotopic (exact) mass is 224 g/mol. The number of carbonyl (C=O) groups excluding carboxylic acids is 1. The molecule has 0 heterocycles. The molecule has 0 unspecified atom stereocenters. The molecule has 15 heavy (non-hydrogen) atoms. The number of anilines is 1. The first-order valence-corrected chi connectivity index (χ1v) is 5.25. The summed E-state index contributed by atoms with van der Waals surface area (Å²) in [5.74, 6) is -0.145. The lowest BCUT2D eigenvalue weighted by molar-refractivity contribution is -0.118. The van der Waals surface area contributed by atoms with Gasteiger partial charge in [0.25, 0.3) is 0 Å². The van der Waals surface area contributed by atoms with Gasteiger partial charge in [-0.15, -0.1) is 0 Å². The van der Waals surface area contributed by atoms with E-state index in [1.807, 2.05) is 19.1 Å². The van der Waals surface area contributed by atoms with Crippen LogP contribution in [-0.4, -0.2) is 11.4 Å². The molecule has 1 saturated carbocycles. The van der Waals surface area contributed by atoms with Crippen molar-refractivity contribution in [3.05, 3.63) is 28.8 Å². The van der Waals surface area contributed by atoms with Crippen LogP contribution in [0, 0.1) is 6.92 Å². The van der Waals surface area contributed by atoms with E-state index < -0.39 is 5.54 Å². The van der Waals surface area contributed by atoms with Crippen LogP contribution in [0.4, 0.5) is 5.69 Å². The minimum Gasteiger partial charge on any atom is -0.323 e. The standard InChI is InChI=1S/C11H13ClN2O/c1-7-2-3-9(8(12)6-7)14-10(15)11(13)4-5-11/h2-3,6H,4-5,13H2,1H3,(H,14,15). The molecule has 1 fully saturated rings. The maximum absolute atomic E-state index is 11.6. The van der Waals surface area contributed by atoms with Crippen LogP contribution in [0.3, 0.4) is 0 Å². The fraction of sp³-hybridized carbons (Fsp3) is 0.364. The van der Waals surface area contributed by atoms with Gasteiger partial charge >= 0.3 is 0 Å². The number of benzene rings is 1. The van der Waals surface area contributed by atoms with E-state index in [4.69, 9.17) is 17.3 Å². The topological polar surface area (TPSA) is 55.1 Å². The predicted molar refractivity (Wildman–Crippen MR) is 61.0 cm³/mol. The van der Waals surface area contributed by atoms with Gasteiger partial charge in [0.1, 0.15) is 0 Å². The maximum atomic E-state index is 11.6. The van der Waals surface area contributed by atoms with Gasteiger partial charge in [0, 0.05) is 0 Å². The lowest BCUT2D eigenvalue weighted by atomic mass is 10.2. The molecule has 80 valence electrons. The smallest absolute Gasteiger partial charge is 0.244 e. The molecule has 3 N–H and O–H groups in total. The molecule has 1 aliphatic rings. The first-order valence-electron chi connectivity index (χ1n) is 4.88. The summed E-state index contributed by atoms with van der Waals surface area (Å²) < 4.78 is 0. The summed E-state index contributed by atoms with van der Waals surface area (Å²) >= 11 is 5.99. The summed E-state index contributed by atoms with van der Waals surface area (Å²) in [4.78, 5) is 11.6. The van der Waals surface area contributed by atoms with E-state index in [1.54, 1.807) is 6.07 Å². The van der Waals surface area contributed by atoms with Crippen LogP contribution in [0.1, 0.15) is 18.4 Å². The van der Waals surface area contributed by atoms with Crippen LogP contribution in [-0.2, 0) is 4.79 Å². The Kier molecular flexibility index (Phi) is 2.44. The molecule has 0 aromatic heterocycles. The van der Waals surface area contributed by atoms with E-state index in [-0.39, 0.29) is 5.91 Å². The third-order valence-electron chi connectivity index (χ3n) is 2.61. The van der Waals surface area contributed by atoms with Crippen molar-refractivity contribution in [1.29, 1.82) is 0 Å². The molecule has 1 aromatic rings. The second-order valence-corrected chi connectivity index (χ2v) is 4.50. The SMILES string of the molecule is Cc1ccc(NC(=O)C2(N)CC2)c(Cl)c1. The number of carbonyl (C=O) groups is 1. The van der Waals surface area contributed by atoms with Crippen LogP contribution in [0.2, 0.25) is 5.02 Å². The van der Waals surface area contributed by atoms with Crippen molar-refractivity contribution in [2.75, 3.05) is 5.32 Å². The molecule has 0 bridgehead atoms. The average molecular weight is 225 g/mol. The minimum atomic E-state index is -0.659. The predicted octanol–water partition coefficient (Wildman–Crippen LogP) is 2.08. The fourth-order valence-corrected chi connectivity index (χ4v) is 1.61. The van der Waals surface area contributed by atoms with Crippen LogP contribution < -0.4 is 11.1 Å². The number of nitrogens with two attached hydrogens (primary N) is 1. The van der Waals surface area contributed by atoms with Crippen LogP contribution in [0.15, 0.2) is 18.2 Å². The minimum absolute atomic E-state index is 0.145. The highest BCUT2D eigenvalue weighted by Crippen LogP contribution is 2.34. The van der Waals surface area contributed by atoms with E-state index in [0.29, 0.717) is 10.7 Å². The summed E-state index contributed by atoms with van der Waals surface area (Å²) in [5, 5.41) is 3.29. The Hall–Kier alpha value is -1.06. The average Bonchev–Trinajstić information content (AvgIpc) is 2.90. The van der Waals surface area contributed by atoms with Crippen LogP contribution in [0.25, 0.3) is 0 Å². The van der Waals surface area contributed by atoms with Crippen molar-refractivity contribution in [3.63, 3.8) is 0 Å². The molecule has 4 heteroatoms. The second kappa shape index (κ2) is 3.51. The van der Waals surface area contributed by atoms with Crippen LogP contribution >= 0.6 is 11.6 Å². The number of rotatable bonds is 2. The number of amides is 1. The van der Waals surface area contributed by atoms with Crippen LogP contribution in [0.5, 0.6) is 0 Å². The Bertz CT molecular complexity index is 413. The number of hydrogen-bond donors (Lipinski definition) is 2. The third kappa shape index (κ3) is 2.13. The zero-order valence-electron chi connectivity index (χ0n) is 8.51. The third-order valence-corrected chi connectivity index (χ3v) is 2.93. The van der Waals surface area contributed by atoms with Gasteiger partial charge in [0.05, 0.1) is 16.2 Å². The van der Waals surface area contributed by atoms with Gasteiger partial charge in [-0.05, 0) is 37.5 Å². The van der Waals surface area contributed by atoms with E-state index in [9.17, 15) is 4.79 Å². The summed E-state index contributed by atoms with van der Waals surface area (Å²) in [6.45, 7) is 1.95. The maximum Gasteiger partial charge on any atom is 0.244 e. The Morgan fingerprint density at radius 1 is 1.53 bits per heavy atom. The molecule has 3 nitrogen and oxygen atoms in total. The highest BCUT2D eigenvalue weighted by atomic mass is 35.5. The molecule has 0 atom stereocenters. The number of nitrogens with one attached hydrogen (secondary N) is 1. The number of halogens is 1. The Morgan fingerprint density at radius 3 is 2.73 bits per heavy atom. The van der Waals surface area contributed by atoms with E-state index in [1.165, 1.54) is 0 Å². The van der Waals surface area contributed by atoms with E-state index in [2.05, 4.69) is 5.32 Å². The zero-order chi connectivity index (χ0) is 11.1. The Labute approximate surface area is 93.6 Å². The molecule has 1 aromatic carbocycles. The van der Waals surface area contributed by atoms with Crippen molar-refractivity contribution in [2.24, 2.45) is 5.73 Å². The molecule has 0 aliphatic heterocycles. The number of aryl methyl sites for hydroxylation is 1. The van der Waals surface area contributed by atoms with Gasteiger partial charge in [0.2, 0.25) is 5.91 Å². The molecule has 2 rings (SSSR count). The van der Waals surface area contributed by atoms with Crippen molar-refractivity contribution in [2.45, 2.75) is 25.3 Å². The second-order valence-electron chi connectivity index (χ2n) is 4.09. The highest BCUT2D eigenvalue weighted by Gasteiger charge is 2.46. The van der Waals surface area contributed by atoms with Gasteiger partial charge in [-0.3, -0.25) is 4.79 Å². The van der Waals surface area contributed by atoms with Crippen molar-refractivity contribution < 1.29 is 4.79 Å². The summed E-state index contributed by atoms with van der Waals surface area (Å²) in [5.41, 5.74) is 6.79. The molecular formula is C11H13ClN2O. The fourth-order valence-electron chi connectivity index (χ4n) is 1.33. The van der Waals surface area contributed by atoms with E-state index >= 15 is 0 Å². The number of hydrogen-bond acceptors (Lipinski definition) is 2. The molecule has 1 amide bonds. The first-order chi connectivity index (χ1) is 7.01. The highest BCUT2D eigenvalue weighted by molar-refractivity contribution is 6.33. The molecule has 0 radical (unpaired) electrons. The summed E-state index contributed by atoms with van der Waals surface area (Å²) in [6.07, 6.45) is 1.50. The molecule has 0 saturated heterocycles. The normalized spacial score (nSPS) is 17.3.